The van der Waals surface area contributed by atoms with Crippen molar-refractivity contribution in [3.63, 3.8) is 0 Å². The summed E-state index contributed by atoms with van der Waals surface area (Å²) in [5.41, 5.74) is 6.59. The van der Waals surface area contributed by atoms with Crippen LogP contribution in [0.1, 0.15) is 11.3 Å². The molecule has 4 heterocycles. The largest absolute Gasteiger partial charge is 0.379 e. The topological polar surface area (TPSA) is 109 Å². The van der Waals surface area contributed by atoms with Crippen molar-refractivity contribution in [2.45, 2.75) is 12.0 Å². The van der Waals surface area contributed by atoms with Gasteiger partial charge in [0.25, 0.3) is 0 Å². The number of pyridine rings is 1. The molecule has 0 unspecified atom stereocenters. The van der Waals surface area contributed by atoms with E-state index in [0.717, 1.165) is 29.9 Å². The van der Waals surface area contributed by atoms with Gasteiger partial charge in [0.2, 0.25) is 11.9 Å². The molecule has 3 N–H and O–H groups in total. The number of amides is 1. The first-order valence-electron chi connectivity index (χ1n) is 10.7. The number of hydrogen-bond acceptors (Lipinski definition) is 8. The third-order valence-electron chi connectivity index (χ3n) is 6.04. The first-order chi connectivity index (χ1) is 16.8. The molecule has 0 saturated carbocycles. The van der Waals surface area contributed by atoms with E-state index in [2.05, 4.69) is 20.3 Å². The Kier molecular flexibility index (Phi) is 6.05. The van der Waals surface area contributed by atoms with Gasteiger partial charge in [-0.15, -0.1) is 0 Å². The first-order valence-corrected chi connectivity index (χ1v) is 11.7. The van der Waals surface area contributed by atoms with E-state index in [1.807, 2.05) is 11.0 Å². The van der Waals surface area contributed by atoms with Gasteiger partial charge in [0.05, 0.1) is 37.3 Å². The van der Waals surface area contributed by atoms with E-state index in [-0.39, 0.29) is 18.0 Å². The fourth-order valence-electron chi connectivity index (χ4n) is 4.44. The predicted octanol–water partition coefficient (Wildman–Crippen LogP) is 2.86. The number of nitrogens with zero attached hydrogens (tertiary/aromatic N) is 5. The van der Waals surface area contributed by atoms with Gasteiger partial charge in [-0.3, -0.25) is 9.78 Å². The zero-order chi connectivity index (χ0) is 24.6. The van der Waals surface area contributed by atoms with Crippen LogP contribution in [0.2, 0.25) is 0 Å². The zero-order valence-corrected chi connectivity index (χ0v) is 19.1. The average molecular weight is 500 g/mol. The molecule has 1 amide bonds. The molecule has 0 radical (unpaired) electrons. The third-order valence-corrected chi connectivity index (χ3v) is 6.99. The molecule has 3 aromatic rings. The lowest BCUT2D eigenvalue weighted by molar-refractivity contribution is -0.115. The van der Waals surface area contributed by atoms with Crippen LogP contribution in [0.4, 0.5) is 24.8 Å². The Morgan fingerprint density at radius 2 is 1.91 bits per heavy atom. The highest BCUT2D eigenvalue weighted by Gasteiger charge is 2.50. The Hall–Kier alpha value is -3.67. The number of rotatable bonds is 5. The Labute approximate surface area is 202 Å². The Morgan fingerprint density at radius 1 is 1.14 bits per heavy atom. The summed E-state index contributed by atoms with van der Waals surface area (Å²) in [6.07, 6.45) is 2.77. The van der Waals surface area contributed by atoms with Crippen molar-refractivity contribution in [2.24, 2.45) is 16.6 Å². The minimum atomic E-state index is -0.880. The lowest BCUT2D eigenvalue weighted by Gasteiger charge is -2.34. The van der Waals surface area contributed by atoms with Crippen molar-refractivity contribution in [1.29, 1.82) is 0 Å². The molecule has 2 aliphatic rings. The van der Waals surface area contributed by atoms with Crippen molar-refractivity contribution < 1.29 is 18.0 Å². The van der Waals surface area contributed by atoms with Crippen LogP contribution in [0.25, 0.3) is 0 Å². The molecule has 35 heavy (non-hydrogen) atoms. The van der Waals surface area contributed by atoms with E-state index in [9.17, 15) is 18.0 Å². The van der Waals surface area contributed by atoms with E-state index in [4.69, 9.17) is 10.7 Å². The molecule has 5 rings (SSSR count). The number of amidine groups is 1. The van der Waals surface area contributed by atoms with Gasteiger partial charge in [-0.1, -0.05) is 23.9 Å². The highest BCUT2D eigenvalue weighted by Crippen LogP contribution is 2.46. The molecular weight excluding hydrogens is 479 g/mol. The number of benzene rings is 1. The number of carbonyl (C=O) groups excluding carboxylic acids is 1. The maximum Gasteiger partial charge on any atom is 0.230 e. The van der Waals surface area contributed by atoms with Gasteiger partial charge in [-0.05, 0) is 17.7 Å². The van der Waals surface area contributed by atoms with E-state index < -0.39 is 28.9 Å². The quantitative estimate of drug-likeness (QED) is 0.556. The number of anilines is 2. The number of halogens is 3. The normalized spacial score (nSPS) is 21.4. The Bertz CT molecular complexity index is 1310. The standard InChI is InChI=1S/C23H20F3N7OS/c24-15-5-18(26)19(28-7-15)6-20(34)31-17-3-1-2-13(4-17)23-12-33(22-29-8-16(25)9-30-22)10-14(23)11-35-21(27)32-23/h1-5,7-9,14H,6,10-12H2,(H2,27,32)(H,31,34)/t14-,23+/m0/s1. The second-order valence-corrected chi connectivity index (χ2v) is 9.39. The number of fused-ring (bicyclic) bond motifs is 1. The summed E-state index contributed by atoms with van der Waals surface area (Å²) in [5.74, 6) is -1.51. The maximum atomic E-state index is 13.9. The maximum absolute atomic E-state index is 13.9. The van der Waals surface area contributed by atoms with Crippen molar-refractivity contribution in [3.05, 3.63) is 77.6 Å². The minimum Gasteiger partial charge on any atom is -0.379 e. The predicted molar refractivity (Wildman–Crippen MR) is 126 cm³/mol. The van der Waals surface area contributed by atoms with Gasteiger partial charge in [0.1, 0.15) is 17.2 Å². The third kappa shape index (κ3) is 4.65. The summed E-state index contributed by atoms with van der Waals surface area (Å²) in [6, 6.07) is 7.91. The second kappa shape index (κ2) is 9.17. The van der Waals surface area contributed by atoms with Gasteiger partial charge in [0.15, 0.2) is 11.0 Å². The molecule has 180 valence electrons. The van der Waals surface area contributed by atoms with E-state index in [0.29, 0.717) is 36.0 Å². The molecule has 2 atom stereocenters. The number of aromatic nitrogens is 3. The van der Waals surface area contributed by atoms with Crippen LogP contribution >= 0.6 is 11.8 Å². The lowest BCUT2D eigenvalue weighted by Crippen LogP contribution is -2.40. The molecule has 8 nitrogen and oxygen atoms in total. The van der Waals surface area contributed by atoms with Crippen LogP contribution in [0, 0.1) is 23.4 Å². The summed E-state index contributed by atoms with van der Waals surface area (Å²) < 4.78 is 40.3. The van der Waals surface area contributed by atoms with Crippen LogP contribution in [0.5, 0.6) is 0 Å². The fraction of sp³-hybridized carbons (Fsp3) is 0.261. The Balaban J connectivity index is 1.40. The van der Waals surface area contributed by atoms with Gasteiger partial charge in [-0.2, -0.15) is 0 Å². The van der Waals surface area contributed by atoms with Crippen LogP contribution in [0.3, 0.4) is 0 Å². The molecular formula is C23H20F3N7OS. The smallest absolute Gasteiger partial charge is 0.230 e. The number of carbonyl (C=O) groups is 1. The molecule has 2 aromatic heterocycles. The van der Waals surface area contributed by atoms with Gasteiger partial charge < -0.3 is 16.0 Å². The summed E-state index contributed by atoms with van der Waals surface area (Å²) in [4.78, 5) is 31.2. The van der Waals surface area contributed by atoms with E-state index in [1.165, 1.54) is 11.8 Å². The summed E-state index contributed by atoms with van der Waals surface area (Å²) in [7, 11) is 0. The highest BCUT2D eigenvalue weighted by atomic mass is 32.2. The molecule has 0 aliphatic carbocycles. The molecule has 1 fully saturated rings. The summed E-state index contributed by atoms with van der Waals surface area (Å²) >= 11 is 1.47. The van der Waals surface area contributed by atoms with Gasteiger partial charge in [-0.25, -0.2) is 28.1 Å². The summed E-state index contributed by atoms with van der Waals surface area (Å²) in [6.45, 7) is 1.02. The van der Waals surface area contributed by atoms with Gasteiger partial charge in [0, 0.05) is 30.0 Å². The number of nitrogens with two attached hydrogens (primary N) is 1. The number of hydrogen-bond donors (Lipinski definition) is 2. The molecule has 0 bridgehead atoms. The number of aliphatic imine (C=N–C) groups is 1. The van der Waals surface area contributed by atoms with E-state index in [1.54, 1.807) is 18.2 Å². The van der Waals surface area contributed by atoms with E-state index >= 15 is 0 Å². The minimum absolute atomic E-state index is 0.0666. The number of nitrogens with one attached hydrogen (secondary N) is 1. The molecule has 0 spiro atoms. The fourth-order valence-corrected chi connectivity index (χ4v) is 5.42. The summed E-state index contributed by atoms with van der Waals surface area (Å²) in [5, 5.41) is 3.20. The molecule has 1 saturated heterocycles. The van der Waals surface area contributed by atoms with Crippen LogP contribution in [-0.2, 0) is 16.8 Å². The second-order valence-electron chi connectivity index (χ2n) is 8.35. The molecule has 12 heteroatoms. The van der Waals surface area contributed by atoms with Crippen molar-refractivity contribution >= 4 is 34.5 Å². The molecule has 1 aromatic carbocycles. The van der Waals surface area contributed by atoms with Crippen molar-refractivity contribution in [2.75, 3.05) is 29.1 Å². The highest BCUT2D eigenvalue weighted by molar-refractivity contribution is 8.13. The van der Waals surface area contributed by atoms with Crippen LogP contribution in [0.15, 0.2) is 53.9 Å². The van der Waals surface area contributed by atoms with Crippen molar-refractivity contribution in [1.82, 2.24) is 15.0 Å². The zero-order valence-electron chi connectivity index (χ0n) is 18.3. The van der Waals surface area contributed by atoms with Gasteiger partial charge >= 0.3 is 0 Å². The van der Waals surface area contributed by atoms with Crippen LogP contribution in [-0.4, -0.2) is 44.9 Å². The SMILES string of the molecule is NC1=N[C@@]2(c3cccc(NC(=O)Cc4ncc(F)cc4F)c3)CN(c3ncc(F)cn3)C[C@H]2CS1. The molecule has 2 aliphatic heterocycles. The average Bonchev–Trinajstić information content (AvgIpc) is 3.21. The van der Waals surface area contributed by atoms with Crippen molar-refractivity contribution in [3.8, 4) is 0 Å². The monoisotopic (exact) mass is 499 g/mol. The first kappa shape index (κ1) is 23.1. The van der Waals surface area contributed by atoms with Crippen LogP contribution < -0.4 is 16.0 Å². The Morgan fingerprint density at radius 3 is 2.69 bits per heavy atom. The number of thioether (sulfide) groups is 1. The lowest BCUT2D eigenvalue weighted by atomic mass is 9.81.